The monoisotopic (exact) mass is 659 g/mol. The Balaban J connectivity index is 1.32. The van der Waals surface area contributed by atoms with E-state index in [1.54, 1.807) is 13.2 Å². The molecule has 2 unspecified atom stereocenters. The average Bonchev–Trinajstić information content (AvgIpc) is 3.48. The fraction of sp³-hybridized carbons (Fsp3) is 0.556. The lowest BCUT2D eigenvalue weighted by Crippen LogP contribution is -2.51. The van der Waals surface area contributed by atoms with Gasteiger partial charge in [0, 0.05) is 74.3 Å². The van der Waals surface area contributed by atoms with Crippen molar-refractivity contribution in [3.8, 4) is 17.0 Å². The topological polar surface area (TPSA) is 113 Å². The number of methoxy groups -OCH3 is 1. The number of ether oxygens (including phenoxy) is 1. The van der Waals surface area contributed by atoms with Crippen LogP contribution < -0.4 is 14.8 Å². The minimum absolute atomic E-state index is 0.0701. The number of rotatable bonds is 6. The second-order valence-electron chi connectivity index (χ2n) is 14.6. The number of carbonyl (C=O) groups is 2. The normalized spacial score (nSPS) is 27.1. The van der Waals surface area contributed by atoms with Gasteiger partial charge in [-0.1, -0.05) is 25.3 Å². The highest BCUT2D eigenvalue weighted by atomic mass is 32.2. The molecule has 4 heterocycles. The summed E-state index contributed by atoms with van der Waals surface area (Å²) in [5.41, 5.74) is 5.31. The highest BCUT2D eigenvalue weighted by Crippen LogP contribution is 2.66. The summed E-state index contributed by atoms with van der Waals surface area (Å²) < 4.78 is 36.4. The smallest absolute Gasteiger partial charge is 0.303 e. The molecule has 4 atom stereocenters. The van der Waals surface area contributed by atoms with Crippen molar-refractivity contribution in [2.75, 3.05) is 40.8 Å². The zero-order chi connectivity index (χ0) is 32.7. The third kappa shape index (κ3) is 4.91. The van der Waals surface area contributed by atoms with Crippen molar-refractivity contribution in [3.63, 3.8) is 0 Å². The third-order valence-corrected chi connectivity index (χ3v) is 13.3. The summed E-state index contributed by atoms with van der Waals surface area (Å²) in [4.78, 5) is 30.5. The van der Waals surface area contributed by atoms with E-state index in [4.69, 9.17) is 4.74 Å². The van der Waals surface area contributed by atoms with Crippen LogP contribution >= 0.6 is 0 Å². The number of nitrogens with zero attached hydrogens (tertiary/aromatic N) is 3. The minimum atomic E-state index is -3.96. The molecule has 11 heteroatoms. The molecule has 3 aromatic rings. The average molecular weight is 660 g/mol. The van der Waals surface area contributed by atoms with E-state index in [9.17, 15) is 18.0 Å². The zero-order valence-electron chi connectivity index (χ0n) is 27.5. The number of benzene rings is 2. The summed E-state index contributed by atoms with van der Waals surface area (Å²) in [6.45, 7) is 3.13. The molecule has 2 aromatic carbocycles. The van der Waals surface area contributed by atoms with Crippen LogP contribution in [0.1, 0.15) is 84.7 Å². The Labute approximate surface area is 277 Å². The molecule has 1 aromatic heterocycles. The molecule has 10 nitrogen and oxygen atoms in total. The lowest BCUT2D eigenvalue weighted by atomic mass is 9.81. The van der Waals surface area contributed by atoms with E-state index in [-0.39, 0.29) is 23.4 Å². The van der Waals surface area contributed by atoms with Crippen LogP contribution in [0.2, 0.25) is 0 Å². The van der Waals surface area contributed by atoms with Gasteiger partial charge < -0.3 is 19.5 Å². The van der Waals surface area contributed by atoms with Gasteiger partial charge in [0.2, 0.25) is 5.91 Å². The first-order chi connectivity index (χ1) is 22.6. The molecule has 8 rings (SSSR count). The van der Waals surface area contributed by atoms with E-state index in [0.29, 0.717) is 18.4 Å². The molecule has 2 saturated heterocycles. The molecular weight excluding hydrogens is 614 g/mol. The highest BCUT2D eigenvalue weighted by molar-refractivity contribution is 7.87. The lowest BCUT2D eigenvalue weighted by molar-refractivity contribution is -0.142. The molecule has 0 radical (unpaired) electrons. The third-order valence-electron chi connectivity index (χ3n) is 11.9. The predicted octanol–water partition coefficient (Wildman–Crippen LogP) is 4.60. The van der Waals surface area contributed by atoms with Crippen molar-refractivity contribution in [2.24, 2.45) is 11.3 Å². The molecule has 2 saturated carbocycles. The molecule has 2 N–H and O–H groups in total. The maximum absolute atomic E-state index is 14.9. The van der Waals surface area contributed by atoms with E-state index in [1.165, 1.54) is 44.5 Å². The zero-order valence-corrected chi connectivity index (χ0v) is 28.4. The summed E-state index contributed by atoms with van der Waals surface area (Å²) in [6.07, 6.45) is 8.72. The van der Waals surface area contributed by atoms with Crippen LogP contribution in [0.15, 0.2) is 36.4 Å². The van der Waals surface area contributed by atoms with Gasteiger partial charge in [0.25, 0.3) is 5.91 Å². The van der Waals surface area contributed by atoms with Crippen LogP contribution in [0.5, 0.6) is 5.75 Å². The van der Waals surface area contributed by atoms with Gasteiger partial charge >= 0.3 is 10.2 Å². The summed E-state index contributed by atoms with van der Waals surface area (Å²) >= 11 is 0. The number of amides is 2. The molecular formula is C36H45N5O5S. The summed E-state index contributed by atoms with van der Waals surface area (Å²) in [6, 6.07) is 12.1. The molecule has 0 spiro atoms. The number of piperidine rings is 1. The maximum atomic E-state index is 14.9. The quantitative estimate of drug-likeness (QED) is 0.400. The predicted molar refractivity (Wildman–Crippen MR) is 181 cm³/mol. The van der Waals surface area contributed by atoms with Crippen molar-refractivity contribution in [2.45, 2.75) is 75.8 Å². The second kappa shape index (κ2) is 11.3. The second-order valence-corrected chi connectivity index (χ2v) is 16.5. The van der Waals surface area contributed by atoms with Gasteiger partial charge in [-0.2, -0.15) is 12.7 Å². The molecule has 2 aliphatic carbocycles. The van der Waals surface area contributed by atoms with E-state index >= 15 is 0 Å². The lowest BCUT2D eigenvalue weighted by Gasteiger charge is -2.39. The number of hydrogen-bond acceptors (Lipinski definition) is 6. The van der Waals surface area contributed by atoms with Gasteiger partial charge in [-0.05, 0) is 85.4 Å². The van der Waals surface area contributed by atoms with Crippen molar-refractivity contribution >= 4 is 32.9 Å². The van der Waals surface area contributed by atoms with Crippen LogP contribution in [-0.4, -0.2) is 80.9 Å². The van der Waals surface area contributed by atoms with Gasteiger partial charge in [0.05, 0.1) is 18.2 Å². The van der Waals surface area contributed by atoms with Gasteiger partial charge in [-0.3, -0.25) is 9.59 Å². The fourth-order valence-corrected chi connectivity index (χ4v) is 9.83. The maximum Gasteiger partial charge on any atom is 0.303 e. The molecule has 3 aliphatic heterocycles. The van der Waals surface area contributed by atoms with Gasteiger partial charge in [-0.25, -0.2) is 4.72 Å². The number of likely N-dealkylation sites (tertiary alicyclic amines) is 1. The Morgan fingerprint density at radius 3 is 2.60 bits per heavy atom. The van der Waals surface area contributed by atoms with Crippen LogP contribution in [0, 0.1) is 11.3 Å². The molecule has 2 amide bonds. The van der Waals surface area contributed by atoms with E-state index < -0.39 is 21.5 Å². The number of aromatic nitrogens is 1. The SMILES string of the molecule is COc1ccc2c(c1)C1CC1(C(=O)N1CCC[C@H]3CNC[C@H]31)Cn1c-2c(C2CCCCC2)c2ccc(C(=O)NS(=O)(=O)N(C)C)cc21. The van der Waals surface area contributed by atoms with E-state index in [2.05, 4.69) is 31.6 Å². The first kappa shape index (κ1) is 30.9. The van der Waals surface area contributed by atoms with Crippen LogP contribution in [0.4, 0.5) is 0 Å². The number of nitrogens with one attached hydrogen (secondary N) is 2. The van der Waals surface area contributed by atoms with Crippen molar-refractivity contribution in [1.29, 1.82) is 0 Å². The summed E-state index contributed by atoms with van der Waals surface area (Å²) in [5, 5.41) is 4.62. The summed E-state index contributed by atoms with van der Waals surface area (Å²) in [5.74, 6) is 1.30. The van der Waals surface area contributed by atoms with Gasteiger partial charge in [-0.15, -0.1) is 0 Å². The molecule has 5 aliphatic rings. The van der Waals surface area contributed by atoms with Crippen molar-refractivity contribution in [1.82, 2.24) is 23.8 Å². The Hall–Kier alpha value is -3.41. The molecule has 47 heavy (non-hydrogen) atoms. The Bertz CT molecular complexity index is 1880. The van der Waals surface area contributed by atoms with Crippen LogP contribution in [-0.2, 0) is 21.5 Å². The van der Waals surface area contributed by atoms with Crippen LogP contribution in [0.3, 0.4) is 0 Å². The first-order valence-electron chi connectivity index (χ1n) is 17.2. The number of fused-ring (bicyclic) bond motifs is 8. The number of hydrogen-bond donors (Lipinski definition) is 2. The minimum Gasteiger partial charge on any atom is -0.497 e. The van der Waals surface area contributed by atoms with E-state index in [0.717, 1.165) is 84.0 Å². The fourth-order valence-electron chi connectivity index (χ4n) is 9.30. The largest absolute Gasteiger partial charge is 0.497 e. The summed E-state index contributed by atoms with van der Waals surface area (Å²) in [7, 11) is 0.513. The molecule has 0 bridgehead atoms. The van der Waals surface area contributed by atoms with Crippen molar-refractivity contribution < 1.29 is 22.7 Å². The molecule has 250 valence electrons. The Kier molecular flexibility index (Phi) is 7.46. The standard InChI is InChI=1S/C36H45N5O5S/c1-39(2)47(44,45)38-34(42)23-11-13-27-30(16-23)41-21-36(35(43)40-15-7-10-24-19-37-20-31(24)40)18-29(36)28-17-25(46-3)12-14-26(28)33(41)32(27)22-8-5-4-6-9-22/h11-14,16-17,22,24,29,31,37H,4-10,15,18-21H2,1-3H3,(H,38,42)/t24-,29?,31+,36?/m0/s1. The Morgan fingerprint density at radius 2 is 1.83 bits per heavy atom. The first-order valence-corrected chi connectivity index (χ1v) is 18.7. The van der Waals surface area contributed by atoms with E-state index in [1.807, 2.05) is 18.2 Å². The van der Waals surface area contributed by atoms with Gasteiger partial charge in [0.1, 0.15) is 5.75 Å². The highest BCUT2D eigenvalue weighted by Gasteiger charge is 2.64. The van der Waals surface area contributed by atoms with Gasteiger partial charge in [0.15, 0.2) is 0 Å². The number of carbonyl (C=O) groups excluding carboxylic acids is 2. The molecule has 4 fully saturated rings. The Morgan fingerprint density at radius 1 is 1.02 bits per heavy atom. The van der Waals surface area contributed by atoms with Crippen LogP contribution in [0.25, 0.3) is 22.2 Å². The van der Waals surface area contributed by atoms with Crippen molar-refractivity contribution in [3.05, 3.63) is 53.1 Å².